The summed E-state index contributed by atoms with van der Waals surface area (Å²) >= 11 is 0. The molecule has 0 saturated heterocycles. The van der Waals surface area contributed by atoms with Gasteiger partial charge in [-0.3, -0.25) is 0 Å². The zero-order valence-electron chi connectivity index (χ0n) is 23.8. The van der Waals surface area contributed by atoms with Crippen molar-refractivity contribution in [1.29, 1.82) is 0 Å². The fourth-order valence-corrected chi connectivity index (χ4v) is 7.59. The van der Waals surface area contributed by atoms with Crippen LogP contribution in [0.4, 0.5) is 0 Å². The van der Waals surface area contributed by atoms with E-state index in [4.69, 9.17) is 13.6 Å². The second kappa shape index (κ2) is 9.48. The average Bonchev–Trinajstić information content (AvgIpc) is 3.17. The predicted octanol–water partition coefficient (Wildman–Crippen LogP) is 7.79. The molecule has 0 heterocycles. The summed E-state index contributed by atoms with van der Waals surface area (Å²) in [4.78, 5) is 12.2. The molecule has 1 saturated carbocycles. The van der Waals surface area contributed by atoms with Gasteiger partial charge in [-0.15, -0.1) is 0 Å². The van der Waals surface area contributed by atoms with E-state index < -0.39 is 28.0 Å². The van der Waals surface area contributed by atoms with Gasteiger partial charge in [-0.25, -0.2) is 4.79 Å². The van der Waals surface area contributed by atoms with Gasteiger partial charge in [0, 0.05) is 11.8 Å². The van der Waals surface area contributed by atoms with Gasteiger partial charge in [-0.2, -0.15) is 0 Å². The number of carbonyl (C=O) groups is 1. The van der Waals surface area contributed by atoms with Gasteiger partial charge in [0.05, 0.1) is 24.7 Å². The van der Waals surface area contributed by atoms with Crippen molar-refractivity contribution >= 4 is 22.6 Å². The van der Waals surface area contributed by atoms with Crippen LogP contribution in [0.3, 0.4) is 0 Å². The quantitative estimate of drug-likeness (QED) is 0.178. The highest BCUT2D eigenvalue weighted by molar-refractivity contribution is 6.74. The van der Waals surface area contributed by atoms with Crippen molar-refractivity contribution in [3.63, 3.8) is 0 Å². The monoisotopic (exact) mass is 514 g/mol. The van der Waals surface area contributed by atoms with E-state index in [1.165, 1.54) is 18.2 Å². The highest BCUT2D eigenvalue weighted by Crippen LogP contribution is 2.64. The highest BCUT2D eigenvalue weighted by atomic mass is 28.4. The summed E-state index contributed by atoms with van der Waals surface area (Å²) in [6.45, 7) is 22.9. The third-order valence-corrected chi connectivity index (χ3v) is 18.1. The van der Waals surface area contributed by atoms with Crippen LogP contribution in [0.2, 0.25) is 36.3 Å². The number of fused-ring (bicyclic) bond motifs is 2. The van der Waals surface area contributed by atoms with Crippen LogP contribution in [0.5, 0.6) is 0 Å². The number of rotatable bonds is 4. The molecule has 35 heavy (non-hydrogen) atoms. The molecule has 4 atom stereocenters. The first kappa shape index (κ1) is 28.2. The number of methoxy groups -OCH3 is 1. The van der Waals surface area contributed by atoms with Crippen LogP contribution >= 0.6 is 0 Å². The fraction of sp³-hybridized carbons (Fsp3) is 0.690. The molecule has 0 radical (unpaired) electrons. The van der Waals surface area contributed by atoms with Crippen molar-refractivity contribution in [2.75, 3.05) is 7.11 Å². The van der Waals surface area contributed by atoms with Gasteiger partial charge in [0.1, 0.15) is 0 Å². The Balaban J connectivity index is 2.25. The molecule has 0 aliphatic heterocycles. The summed E-state index contributed by atoms with van der Waals surface area (Å²) in [5.41, 5.74) is 1.94. The summed E-state index contributed by atoms with van der Waals surface area (Å²) in [7, 11) is -2.83. The van der Waals surface area contributed by atoms with Crippen LogP contribution in [0.15, 0.2) is 24.3 Å². The third kappa shape index (κ3) is 5.20. The Bertz CT molecular complexity index is 1010. The maximum atomic E-state index is 12.2. The van der Waals surface area contributed by atoms with Crippen molar-refractivity contribution < 1.29 is 18.4 Å². The predicted molar refractivity (Wildman–Crippen MR) is 148 cm³/mol. The van der Waals surface area contributed by atoms with E-state index in [0.29, 0.717) is 0 Å². The Kier molecular flexibility index (Phi) is 7.63. The first-order valence-corrected chi connectivity index (χ1v) is 18.8. The second-order valence-corrected chi connectivity index (χ2v) is 23.0. The van der Waals surface area contributed by atoms with Gasteiger partial charge in [0.15, 0.2) is 16.6 Å². The minimum atomic E-state index is -2.15. The highest BCUT2D eigenvalue weighted by Gasteiger charge is 2.59. The van der Waals surface area contributed by atoms with Crippen molar-refractivity contribution in [3.05, 3.63) is 35.4 Å². The molecule has 2 aliphatic rings. The normalized spacial score (nSPS) is 26.9. The van der Waals surface area contributed by atoms with Crippen molar-refractivity contribution in [1.82, 2.24) is 0 Å². The Morgan fingerprint density at radius 1 is 0.943 bits per heavy atom. The van der Waals surface area contributed by atoms with Gasteiger partial charge in [0.25, 0.3) is 0 Å². The first-order valence-electron chi connectivity index (χ1n) is 13.0. The molecule has 0 bridgehead atoms. The minimum Gasteiger partial charge on any atom is -0.459 e. The molecule has 0 amide bonds. The molecule has 1 aromatic carbocycles. The zero-order chi connectivity index (χ0) is 26.4. The Hall–Kier alpha value is -1.40. The summed E-state index contributed by atoms with van der Waals surface area (Å²) in [5, 5.41) is 0.150. The summed E-state index contributed by atoms with van der Waals surface area (Å²) in [6.07, 6.45) is 2.71. The molecule has 0 spiro atoms. The lowest BCUT2D eigenvalue weighted by atomic mass is 9.63. The number of benzene rings is 1. The Morgan fingerprint density at radius 3 is 2.03 bits per heavy atom. The SMILES string of the molecule is COC(=O)C#C[C@]12CCC[C@H]1[C@@H](O[Si](C)(C)C(C)(C)C)c1ccccc1[C@H]2O[Si](C)(C)C(C)(C)C. The molecule has 0 N–H and O–H groups in total. The molecule has 0 unspecified atom stereocenters. The second-order valence-electron chi connectivity index (χ2n) is 13.5. The minimum absolute atomic E-state index is 0.0548. The van der Waals surface area contributed by atoms with Crippen molar-refractivity contribution in [2.45, 2.75) is 109 Å². The van der Waals surface area contributed by atoms with Crippen LogP contribution in [-0.4, -0.2) is 29.7 Å². The molecular formula is C29H46O4Si2. The first-order chi connectivity index (χ1) is 16.0. The van der Waals surface area contributed by atoms with Crippen LogP contribution in [0.25, 0.3) is 0 Å². The molecule has 1 aromatic rings. The summed E-state index contributed by atoms with van der Waals surface area (Å²) in [6, 6.07) is 8.64. The number of hydrogen-bond donors (Lipinski definition) is 0. The van der Waals surface area contributed by atoms with Gasteiger partial charge >= 0.3 is 5.97 Å². The largest absolute Gasteiger partial charge is 0.459 e. The number of carbonyl (C=O) groups excluding carboxylic acids is 1. The third-order valence-electron chi connectivity index (χ3n) is 9.21. The van der Waals surface area contributed by atoms with Crippen LogP contribution < -0.4 is 0 Å². The summed E-state index contributed by atoms with van der Waals surface area (Å²) in [5.74, 6) is 5.99. The zero-order valence-corrected chi connectivity index (χ0v) is 25.8. The topological polar surface area (TPSA) is 44.8 Å². The average molecular weight is 515 g/mol. The summed E-state index contributed by atoms with van der Waals surface area (Å²) < 4.78 is 19.4. The number of hydrogen-bond acceptors (Lipinski definition) is 4. The van der Waals surface area contributed by atoms with Gasteiger partial charge in [-0.1, -0.05) is 78.1 Å². The maximum absolute atomic E-state index is 12.2. The number of esters is 1. The molecular weight excluding hydrogens is 468 g/mol. The maximum Gasteiger partial charge on any atom is 0.384 e. The van der Waals surface area contributed by atoms with Gasteiger partial charge in [0.2, 0.25) is 0 Å². The van der Waals surface area contributed by atoms with E-state index >= 15 is 0 Å². The van der Waals surface area contributed by atoms with E-state index in [-0.39, 0.29) is 28.2 Å². The standard InChI is InChI=1S/C29H46O4Si2/c1-27(2,3)34(8,9)32-25-21-15-12-13-16-22(21)26(33-35(10,11)28(4,5)6)29(19-14-17-23(25)29)20-18-24(30)31-7/h12-13,15-16,23,25-26H,14,17,19H2,1-11H3/t23-,25-,26+,29+/m0/s1. The van der Waals surface area contributed by atoms with E-state index in [2.05, 4.69) is 104 Å². The molecule has 0 aromatic heterocycles. The lowest BCUT2D eigenvalue weighted by Gasteiger charge is -2.53. The lowest BCUT2D eigenvalue weighted by Crippen LogP contribution is -2.51. The van der Waals surface area contributed by atoms with Gasteiger partial charge in [-0.05, 0) is 60.2 Å². The van der Waals surface area contributed by atoms with E-state index in [1.54, 1.807) is 0 Å². The van der Waals surface area contributed by atoms with Crippen molar-refractivity contribution in [2.24, 2.45) is 11.3 Å². The molecule has 2 aliphatic carbocycles. The number of ether oxygens (including phenoxy) is 1. The van der Waals surface area contributed by atoms with E-state index in [0.717, 1.165) is 19.3 Å². The molecule has 6 heteroatoms. The fourth-order valence-electron chi connectivity index (χ4n) is 5.03. The van der Waals surface area contributed by atoms with Crippen LogP contribution in [0, 0.1) is 23.2 Å². The van der Waals surface area contributed by atoms with E-state index in [9.17, 15) is 4.79 Å². The van der Waals surface area contributed by atoms with Gasteiger partial charge < -0.3 is 13.6 Å². The Labute approximate surface area is 215 Å². The smallest absolute Gasteiger partial charge is 0.384 e. The van der Waals surface area contributed by atoms with Crippen molar-refractivity contribution in [3.8, 4) is 11.8 Å². The lowest BCUT2D eigenvalue weighted by molar-refractivity contribution is -0.133. The van der Waals surface area contributed by atoms with Crippen LogP contribution in [-0.2, 0) is 18.4 Å². The van der Waals surface area contributed by atoms with E-state index in [1.807, 2.05) is 0 Å². The molecule has 194 valence electrons. The van der Waals surface area contributed by atoms with Crippen LogP contribution in [0.1, 0.15) is 84.1 Å². The molecule has 4 nitrogen and oxygen atoms in total. The Morgan fingerprint density at radius 2 is 1.49 bits per heavy atom. The molecule has 3 rings (SSSR count). The molecule has 1 fully saturated rings.